The third-order valence-corrected chi connectivity index (χ3v) is 5.39. The number of amidine groups is 1. The van der Waals surface area contributed by atoms with Crippen molar-refractivity contribution in [3.63, 3.8) is 0 Å². The van der Waals surface area contributed by atoms with Crippen LogP contribution in [0.5, 0.6) is 0 Å². The van der Waals surface area contributed by atoms with Gasteiger partial charge in [0.1, 0.15) is 5.82 Å². The van der Waals surface area contributed by atoms with Gasteiger partial charge in [0.2, 0.25) is 5.91 Å². The minimum absolute atomic E-state index is 0.000819. The van der Waals surface area contributed by atoms with Crippen LogP contribution in [0.2, 0.25) is 0 Å². The molecule has 0 fully saturated rings. The monoisotopic (exact) mass is 423 g/mol. The fourth-order valence-corrected chi connectivity index (χ4v) is 3.69. The Bertz CT molecular complexity index is 917. The van der Waals surface area contributed by atoms with Crippen molar-refractivity contribution in [3.05, 3.63) is 40.8 Å². The molecule has 9 nitrogen and oxygen atoms in total. The average molecular weight is 423 g/mol. The van der Waals surface area contributed by atoms with Gasteiger partial charge in [-0.05, 0) is 60.3 Å². The SMILES string of the molecule is CC(C)(CO)NC(=O)CSc1nonc1C(=NC1CCc2ccc(F)cc21)NO. The van der Waals surface area contributed by atoms with Crippen LogP contribution >= 0.6 is 11.8 Å². The van der Waals surface area contributed by atoms with E-state index in [2.05, 4.69) is 20.6 Å². The lowest BCUT2D eigenvalue weighted by atomic mass is 10.1. The summed E-state index contributed by atoms with van der Waals surface area (Å²) in [6.07, 6.45) is 1.42. The number of hydroxylamine groups is 1. The number of thioether (sulfide) groups is 1. The summed E-state index contributed by atoms with van der Waals surface area (Å²) in [4.78, 5) is 16.5. The van der Waals surface area contributed by atoms with Gasteiger partial charge in [0.05, 0.1) is 23.9 Å². The first-order valence-corrected chi connectivity index (χ1v) is 9.95. The fourth-order valence-electron chi connectivity index (χ4n) is 2.99. The molecule has 1 amide bonds. The zero-order valence-electron chi connectivity index (χ0n) is 16.0. The van der Waals surface area contributed by atoms with Crippen LogP contribution in [-0.4, -0.2) is 50.3 Å². The second-order valence-corrected chi connectivity index (χ2v) is 8.25. The number of aromatic nitrogens is 2. The van der Waals surface area contributed by atoms with E-state index in [1.54, 1.807) is 19.9 Å². The molecule has 0 saturated carbocycles. The Morgan fingerprint density at radius 2 is 2.24 bits per heavy atom. The van der Waals surface area contributed by atoms with Crippen LogP contribution in [0, 0.1) is 5.82 Å². The lowest BCUT2D eigenvalue weighted by molar-refractivity contribution is -0.120. The van der Waals surface area contributed by atoms with Gasteiger partial charge in [-0.15, -0.1) is 0 Å². The molecule has 0 radical (unpaired) electrons. The Morgan fingerprint density at radius 3 is 2.97 bits per heavy atom. The summed E-state index contributed by atoms with van der Waals surface area (Å²) < 4.78 is 18.4. The maximum absolute atomic E-state index is 13.6. The highest BCUT2D eigenvalue weighted by Crippen LogP contribution is 2.35. The molecule has 156 valence electrons. The first-order chi connectivity index (χ1) is 13.8. The minimum Gasteiger partial charge on any atom is -0.394 e. The van der Waals surface area contributed by atoms with Crippen LogP contribution in [0.25, 0.3) is 0 Å². The fraction of sp³-hybridized carbons (Fsp3) is 0.444. The highest BCUT2D eigenvalue weighted by atomic mass is 32.2. The van der Waals surface area contributed by atoms with E-state index in [0.29, 0.717) is 6.42 Å². The number of rotatable bonds is 7. The summed E-state index contributed by atoms with van der Waals surface area (Å²) in [6.45, 7) is 3.19. The first kappa shape index (κ1) is 21.2. The standard InChI is InChI=1S/C18H22FN5O4S/c1-18(2,9-25)21-14(26)8-29-17-15(23-28-24-17)16(22-27)20-13-6-4-10-3-5-11(19)7-12(10)13/h3,5,7,13,25,27H,4,6,8-9H2,1-2H3,(H,20,22)(H,21,26). The number of hydrogen-bond acceptors (Lipinski definition) is 8. The molecule has 0 saturated heterocycles. The number of hydrogen-bond donors (Lipinski definition) is 4. The molecule has 0 spiro atoms. The lowest BCUT2D eigenvalue weighted by Crippen LogP contribution is -2.47. The van der Waals surface area contributed by atoms with E-state index in [-0.39, 0.29) is 46.7 Å². The number of nitrogens with one attached hydrogen (secondary N) is 2. The topological polar surface area (TPSA) is 133 Å². The molecule has 1 aliphatic carbocycles. The van der Waals surface area contributed by atoms with Crippen LogP contribution in [-0.2, 0) is 11.2 Å². The summed E-state index contributed by atoms with van der Waals surface area (Å²) >= 11 is 1.05. The number of nitrogens with zero attached hydrogens (tertiary/aromatic N) is 3. The molecule has 0 bridgehead atoms. The van der Waals surface area contributed by atoms with Crippen LogP contribution in [0.3, 0.4) is 0 Å². The second-order valence-electron chi connectivity index (χ2n) is 7.28. The smallest absolute Gasteiger partial charge is 0.230 e. The van der Waals surface area contributed by atoms with Gasteiger partial charge in [0.15, 0.2) is 16.6 Å². The van der Waals surface area contributed by atoms with Crippen LogP contribution in [0.4, 0.5) is 4.39 Å². The lowest BCUT2D eigenvalue weighted by Gasteiger charge is -2.23. The van der Waals surface area contributed by atoms with E-state index in [9.17, 15) is 19.5 Å². The zero-order chi connectivity index (χ0) is 21.0. The third kappa shape index (κ3) is 5.11. The number of aliphatic imine (C=N–C) groups is 1. The minimum atomic E-state index is -0.743. The van der Waals surface area contributed by atoms with Crippen molar-refractivity contribution < 1.29 is 24.1 Å². The Kier molecular flexibility index (Phi) is 6.50. The highest BCUT2D eigenvalue weighted by molar-refractivity contribution is 8.00. The van der Waals surface area contributed by atoms with Gasteiger partial charge in [-0.25, -0.2) is 9.02 Å². The van der Waals surface area contributed by atoms with Crippen molar-refractivity contribution in [3.8, 4) is 0 Å². The maximum Gasteiger partial charge on any atom is 0.230 e. The van der Waals surface area contributed by atoms with Crippen LogP contribution in [0.15, 0.2) is 32.8 Å². The van der Waals surface area contributed by atoms with Crippen molar-refractivity contribution in [1.29, 1.82) is 0 Å². The molecule has 11 heteroatoms. The van der Waals surface area contributed by atoms with Gasteiger partial charge in [-0.1, -0.05) is 17.8 Å². The molecular weight excluding hydrogens is 401 g/mol. The molecule has 4 N–H and O–H groups in total. The molecule has 1 aliphatic rings. The molecule has 1 atom stereocenters. The molecule has 1 unspecified atom stereocenters. The second kappa shape index (κ2) is 8.89. The Labute approximate surface area is 170 Å². The molecule has 1 heterocycles. The first-order valence-electron chi connectivity index (χ1n) is 8.97. The molecule has 1 aromatic heterocycles. The van der Waals surface area contributed by atoms with Crippen molar-refractivity contribution in [2.45, 2.75) is 43.3 Å². The van der Waals surface area contributed by atoms with Gasteiger partial charge < -0.3 is 10.4 Å². The number of amides is 1. The summed E-state index contributed by atoms with van der Waals surface area (Å²) in [5, 5.41) is 29.3. The molecule has 2 aromatic rings. The van der Waals surface area contributed by atoms with E-state index < -0.39 is 5.54 Å². The summed E-state index contributed by atoms with van der Waals surface area (Å²) in [5.74, 6) is -0.632. The molecular formula is C18H22FN5O4S. The molecule has 1 aromatic carbocycles. The summed E-state index contributed by atoms with van der Waals surface area (Å²) in [6, 6.07) is 4.24. The normalized spacial score (nSPS) is 16.6. The number of fused-ring (bicyclic) bond motifs is 1. The van der Waals surface area contributed by atoms with Gasteiger partial charge in [-0.2, -0.15) is 0 Å². The number of aliphatic hydroxyl groups is 1. The molecule has 29 heavy (non-hydrogen) atoms. The quantitative estimate of drug-likeness (QED) is 0.228. The number of halogens is 1. The van der Waals surface area contributed by atoms with Crippen molar-refractivity contribution >= 4 is 23.5 Å². The largest absolute Gasteiger partial charge is 0.394 e. The number of carbonyl (C=O) groups excluding carboxylic acids is 1. The molecule has 3 rings (SSSR count). The summed E-state index contributed by atoms with van der Waals surface area (Å²) in [7, 11) is 0. The van der Waals surface area contributed by atoms with E-state index >= 15 is 0 Å². The van der Waals surface area contributed by atoms with Crippen molar-refractivity contribution in [2.75, 3.05) is 12.4 Å². The highest BCUT2D eigenvalue weighted by Gasteiger charge is 2.26. The molecule has 0 aliphatic heterocycles. The zero-order valence-corrected chi connectivity index (χ0v) is 16.8. The Balaban J connectivity index is 1.74. The van der Waals surface area contributed by atoms with Crippen LogP contribution in [0.1, 0.15) is 43.1 Å². The number of aryl methyl sites for hydroxylation is 1. The van der Waals surface area contributed by atoms with Crippen molar-refractivity contribution in [1.82, 2.24) is 21.1 Å². The van der Waals surface area contributed by atoms with Gasteiger partial charge in [-0.3, -0.25) is 20.5 Å². The van der Waals surface area contributed by atoms with Gasteiger partial charge >= 0.3 is 0 Å². The Hall–Kier alpha value is -2.50. The van der Waals surface area contributed by atoms with Gasteiger partial charge in [0, 0.05) is 0 Å². The predicted molar refractivity (Wildman–Crippen MR) is 103 cm³/mol. The van der Waals surface area contributed by atoms with E-state index in [4.69, 9.17) is 4.63 Å². The third-order valence-electron chi connectivity index (χ3n) is 4.44. The average Bonchev–Trinajstić information content (AvgIpc) is 3.30. The Morgan fingerprint density at radius 1 is 1.45 bits per heavy atom. The van der Waals surface area contributed by atoms with Crippen molar-refractivity contribution in [2.24, 2.45) is 4.99 Å². The number of aliphatic hydroxyl groups excluding tert-OH is 1. The number of carbonyl (C=O) groups is 1. The predicted octanol–water partition coefficient (Wildman–Crippen LogP) is 1.60. The van der Waals surface area contributed by atoms with Gasteiger partial charge in [0.25, 0.3) is 0 Å². The maximum atomic E-state index is 13.6. The van der Waals surface area contributed by atoms with E-state index in [1.165, 1.54) is 12.1 Å². The van der Waals surface area contributed by atoms with E-state index in [1.807, 2.05) is 5.48 Å². The van der Waals surface area contributed by atoms with Crippen LogP contribution < -0.4 is 10.8 Å². The number of benzene rings is 1. The van der Waals surface area contributed by atoms with E-state index in [0.717, 1.165) is 29.3 Å². The summed E-state index contributed by atoms with van der Waals surface area (Å²) in [5.41, 5.74) is 3.17.